The second-order valence-corrected chi connectivity index (χ2v) is 1.97. The molecule has 7 nitrogen and oxygen atoms in total. The molecule has 13 heavy (non-hydrogen) atoms. The molecule has 3 atom stereocenters. The lowest BCUT2D eigenvalue weighted by atomic mass is 10.1. The van der Waals surface area contributed by atoms with Gasteiger partial charge in [0.2, 0.25) is 0 Å². The predicted molar refractivity (Wildman–Crippen MR) is 39.9 cm³/mol. The minimum absolute atomic E-state index is 0.0869. The Bertz CT molecular complexity index is 137. The Morgan fingerprint density at radius 3 is 1.77 bits per heavy atom. The molecule has 0 aromatic heterocycles. The van der Waals surface area contributed by atoms with Crippen molar-refractivity contribution in [3.8, 4) is 0 Å². The summed E-state index contributed by atoms with van der Waals surface area (Å²) >= 11 is 0. The van der Waals surface area contributed by atoms with Gasteiger partial charge in [-0.25, -0.2) is 0 Å². The lowest BCUT2D eigenvalue weighted by Gasteiger charge is -2.16. The van der Waals surface area contributed by atoms with Crippen LogP contribution in [0.5, 0.6) is 0 Å². The van der Waals surface area contributed by atoms with Crippen molar-refractivity contribution in [2.24, 2.45) is 0 Å². The van der Waals surface area contributed by atoms with Gasteiger partial charge in [0.1, 0.15) is 18.3 Å². The first-order chi connectivity index (χ1) is 6.04. The molecule has 0 rings (SSSR count). The highest BCUT2D eigenvalue weighted by molar-refractivity contribution is 5.56. The maximum Gasteiger partial charge on any atom is 0.290 e. The van der Waals surface area contributed by atoms with Gasteiger partial charge in [-0.15, -0.1) is 0 Å². The topological polar surface area (TPSA) is 135 Å². The Labute approximate surface area is 73.9 Å². The number of aliphatic hydroxyl groups is 4. The lowest BCUT2D eigenvalue weighted by molar-refractivity contribution is -0.128. The molecule has 0 unspecified atom stereocenters. The molecule has 0 fully saturated rings. The Morgan fingerprint density at radius 1 is 1.15 bits per heavy atom. The standard InChI is InChI=1S/C5H10O5.CH2O2/c6-1-3(8)5(10)4(9)2-7;2-1-3/h1,3-5,7-10H,2H2;1H,(H,2,3)/t3-,4+,5+;/m0./s1. The van der Waals surface area contributed by atoms with Gasteiger partial charge in [-0.2, -0.15) is 0 Å². The second-order valence-electron chi connectivity index (χ2n) is 1.97. The van der Waals surface area contributed by atoms with Gasteiger partial charge < -0.3 is 30.3 Å². The van der Waals surface area contributed by atoms with E-state index in [1.807, 2.05) is 0 Å². The van der Waals surface area contributed by atoms with Gasteiger partial charge in [0.25, 0.3) is 6.47 Å². The first-order valence-corrected chi connectivity index (χ1v) is 3.23. The fourth-order valence-electron chi connectivity index (χ4n) is 0.416. The van der Waals surface area contributed by atoms with E-state index in [0.717, 1.165) is 0 Å². The van der Waals surface area contributed by atoms with E-state index in [1.165, 1.54) is 0 Å². The van der Waals surface area contributed by atoms with Crippen LogP contribution in [0.4, 0.5) is 0 Å². The number of carboxylic acid groups (broad SMARTS) is 1. The van der Waals surface area contributed by atoms with Crippen LogP contribution < -0.4 is 0 Å². The molecule has 0 aromatic carbocycles. The van der Waals surface area contributed by atoms with Crippen molar-refractivity contribution in [2.75, 3.05) is 6.61 Å². The molecule has 0 saturated heterocycles. The molecular formula is C6H12O7. The summed E-state index contributed by atoms with van der Waals surface area (Å²) in [7, 11) is 0. The molecule has 0 aromatic rings. The Kier molecular flexibility index (Phi) is 10.1. The van der Waals surface area contributed by atoms with Crippen LogP contribution in [-0.2, 0) is 9.59 Å². The van der Waals surface area contributed by atoms with Crippen LogP contribution in [0.3, 0.4) is 0 Å². The van der Waals surface area contributed by atoms with Crippen molar-refractivity contribution in [3.63, 3.8) is 0 Å². The molecule has 0 aliphatic rings. The maximum absolute atomic E-state index is 9.76. The summed E-state index contributed by atoms with van der Waals surface area (Å²) in [6.07, 6.45) is -4.63. The van der Waals surface area contributed by atoms with Crippen molar-refractivity contribution >= 4 is 12.8 Å². The van der Waals surface area contributed by atoms with Crippen LogP contribution >= 0.6 is 0 Å². The van der Waals surface area contributed by atoms with Crippen LogP contribution in [0.1, 0.15) is 0 Å². The smallest absolute Gasteiger partial charge is 0.290 e. The molecule has 0 heterocycles. The Morgan fingerprint density at radius 2 is 1.54 bits per heavy atom. The summed E-state index contributed by atoms with van der Waals surface area (Å²) in [5.74, 6) is 0. The highest BCUT2D eigenvalue weighted by atomic mass is 16.4. The summed E-state index contributed by atoms with van der Waals surface area (Å²) in [6.45, 7) is -0.938. The van der Waals surface area contributed by atoms with E-state index < -0.39 is 24.9 Å². The Hall–Kier alpha value is -1.02. The zero-order chi connectivity index (χ0) is 10.9. The number of carbonyl (C=O) groups excluding carboxylic acids is 1. The van der Waals surface area contributed by atoms with E-state index in [9.17, 15) is 4.79 Å². The first-order valence-electron chi connectivity index (χ1n) is 3.23. The third-order valence-electron chi connectivity index (χ3n) is 1.07. The van der Waals surface area contributed by atoms with Crippen LogP contribution in [-0.4, -0.2) is 63.2 Å². The average Bonchev–Trinajstić information content (AvgIpc) is 2.15. The summed E-state index contributed by atoms with van der Waals surface area (Å²) in [5, 5.41) is 40.9. The van der Waals surface area contributed by atoms with Gasteiger partial charge in [0.15, 0.2) is 6.29 Å². The third kappa shape index (κ3) is 7.34. The third-order valence-corrected chi connectivity index (χ3v) is 1.07. The highest BCUT2D eigenvalue weighted by Gasteiger charge is 2.22. The predicted octanol–water partition coefficient (Wildman–Crippen LogP) is -3.04. The normalized spacial score (nSPS) is 16.0. The van der Waals surface area contributed by atoms with Crippen LogP contribution in [0.15, 0.2) is 0 Å². The molecule has 0 bridgehead atoms. The minimum Gasteiger partial charge on any atom is -0.483 e. The summed E-state index contributed by atoms with van der Waals surface area (Å²) in [4.78, 5) is 18.1. The molecule has 0 spiro atoms. The van der Waals surface area contributed by atoms with E-state index >= 15 is 0 Å². The minimum atomic E-state index is -1.64. The highest BCUT2D eigenvalue weighted by Crippen LogP contribution is 1.96. The summed E-state index contributed by atoms with van der Waals surface area (Å²) < 4.78 is 0. The number of rotatable bonds is 4. The molecule has 5 N–H and O–H groups in total. The van der Waals surface area contributed by atoms with Gasteiger partial charge in [0.05, 0.1) is 6.61 Å². The molecule has 0 radical (unpaired) electrons. The van der Waals surface area contributed by atoms with Crippen molar-refractivity contribution in [1.29, 1.82) is 0 Å². The second kappa shape index (κ2) is 9.07. The largest absolute Gasteiger partial charge is 0.483 e. The average molecular weight is 196 g/mol. The number of aldehydes is 1. The monoisotopic (exact) mass is 196 g/mol. The zero-order valence-electron chi connectivity index (χ0n) is 6.65. The molecular weight excluding hydrogens is 184 g/mol. The van der Waals surface area contributed by atoms with Gasteiger partial charge in [-0.1, -0.05) is 0 Å². The lowest BCUT2D eigenvalue weighted by Crippen LogP contribution is -2.40. The van der Waals surface area contributed by atoms with Gasteiger partial charge in [0, 0.05) is 0 Å². The SMILES string of the molecule is O=CO.O=C[C@H](O)[C@@H](O)[C@H](O)CO. The quantitative estimate of drug-likeness (QED) is 0.301. The Balaban J connectivity index is 0. The van der Waals surface area contributed by atoms with Crippen LogP contribution in [0, 0.1) is 0 Å². The molecule has 7 heteroatoms. The number of carbonyl (C=O) groups is 2. The van der Waals surface area contributed by atoms with E-state index in [-0.39, 0.29) is 12.8 Å². The van der Waals surface area contributed by atoms with Crippen molar-refractivity contribution in [2.45, 2.75) is 18.3 Å². The first kappa shape index (κ1) is 14.5. The van der Waals surface area contributed by atoms with E-state index in [1.54, 1.807) is 0 Å². The van der Waals surface area contributed by atoms with Crippen LogP contribution in [0.2, 0.25) is 0 Å². The van der Waals surface area contributed by atoms with Crippen molar-refractivity contribution < 1.29 is 35.1 Å². The summed E-state index contributed by atoms with van der Waals surface area (Å²) in [5.41, 5.74) is 0. The van der Waals surface area contributed by atoms with E-state index in [2.05, 4.69) is 0 Å². The fraction of sp³-hybridized carbons (Fsp3) is 0.667. The van der Waals surface area contributed by atoms with E-state index in [0.29, 0.717) is 0 Å². The maximum atomic E-state index is 9.76. The molecule has 78 valence electrons. The fourth-order valence-corrected chi connectivity index (χ4v) is 0.416. The molecule has 0 saturated carbocycles. The molecule has 0 amide bonds. The molecule has 0 aliphatic heterocycles. The number of hydrogen-bond donors (Lipinski definition) is 5. The van der Waals surface area contributed by atoms with Gasteiger partial charge in [-0.05, 0) is 0 Å². The number of hydrogen-bond acceptors (Lipinski definition) is 6. The number of aliphatic hydroxyl groups excluding tert-OH is 4. The van der Waals surface area contributed by atoms with Crippen LogP contribution in [0.25, 0.3) is 0 Å². The zero-order valence-corrected chi connectivity index (χ0v) is 6.65. The van der Waals surface area contributed by atoms with Gasteiger partial charge in [-0.3, -0.25) is 4.79 Å². The van der Waals surface area contributed by atoms with Gasteiger partial charge >= 0.3 is 0 Å². The van der Waals surface area contributed by atoms with Crippen molar-refractivity contribution in [3.05, 3.63) is 0 Å². The molecule has 0 aliphatic carbocycles. The summed E-state index contributed by atoms with van der Waals surface area (Å²) in [6, 6.07) is 0. The van der Waals surface area contributed by atoms with Crippen molar-refractivity contribution in [1.82, 2.24) is 0 Å². The van der Waals surface area contributed by atoms with E-state index in [4.69, 9.17) is 30.3 Å².